The Bertz CT molecular complexity index is 667. The number of aliphatic hydroxyl groups excluding tert-OH is 1. The lowest BCUT2D eigenvalue weighted by atomic mass is 9.79. The zero-order valence-corrected chi connectivity index (χ0v) is 15.0. The molecular weight excluding hydrogens is 318 g/mol. The minimum Gasteiger partial charge on any atom is -0.494 e. The van der Waals surface area contributed by atoms with E-state index in [1.165, 1.54) is 6.42 Å². The standard InChI is InChI=1S/C19H27N3O3/c1-3-25-16-9-7-15(8-10-16)22-19(13-14-6-11-17(14)24-2)20-18(21-22)5-4-12-23/h7-10,14,17,23H,3-6,11-13H2,1-2H3. The SMILES string of the molecule is CCOc1ccc(-n2nc(CCCO)nc2CC2CCC2OC)cc1. The van der Waals surface area contributed by atoms with Crippen LogP contribution in [0.2, 0.25) is 0 Å². The number of ether oxygens (including phenoxy) is 2. The molecule has 1 N–H and O–H groups in total. The van der Waals surface area contributed by atoms with Crippen LogP contribution in [-0.2, 0) is 17.6 Å². The van der Waals surface area contributed by atoms with Crippen molar-refractivity contribution in [2.24, 2.45) is 5.92 Å². The summed E-state index contributed by atoms with van der Waals surface area (Å²) in [5.41, 5.74) is 0.981. The molecule has 0 spiro atoms. The molecule has 2 aromatic rings. The Morgan fingerprint density at radius 1 is 1.24 bits per heavy atom. The average Bonchev–Trinajstić information content (AvgIpc) is 3.01. The molecule has 6 nitrogen and oxygen atoms in total. The van der Waals surface area contributed by atoms with Crippen molar-refractivity contribution >= 4 is 0 Å². The third-order valence-corrected chi connectivity index (χ3v) is 4.76. The molecule has 1 aromatic heterocycles. The number of aliphatic hydroxyl groups is 1. The van der Waals surface area contributed by atoms with Gasteiger partial charge in [0.15, 0.2) is 5.82 Å². The largest absolute Gasteiger partial charge is 0.494 e. The lowest BCUT2D eigenvalue weighted by Crippen LogP contribution is -2.35. The normalized spacial score (nSPS) is 19.6. The average molecular weight is 345 g/mol. The third kappa shape index (κ3) is 4.19. The van der Waals surface area contributed by atoms with Crippen molar-refractivity contribution in [1.82, 2.24) is 14.8 Å². The summed E-state index contributed by atoms with van der Waals surface area (Å²) in [6, 6.07) is 7.93. The molecule has 0 saturated heterocycles. The quantitative estimate of drug-likeness (QED) is 0.756. The van der Waals surface area contributed by atoms with Crippen molar-refractivity contribution in [3.05, 3.63) is 35.9 Å². The molecule has 2 unspecified atom stereocenters. The summed E-state index contributed by atoms with van der Waals surface area (Å²) in [6.45, 7) is 2.78. The van der Waals surface area contributed by atoms with E-state index in [2.05, 4.69) is 5.10 Å². The first-order chi connectivity index (χ1) is 12.2. The fourth-order valence-electron chi connectivity index (χ4n) is 3.24. The molecule has 1 aliphatic rings. The molecule has 3 rings (SSSR count). The van der Waals surface area contributed by atoms with E-state index < -0.39 is 0 Å². The zero-order chi connectivity index (χ0) is 17.6. The molecule has 1 aliphatic carbocycles. The molecule has 0 bridgehead atoms. The molecule has 0 amide bonds. The van der Waals surface area contributed by atoms with Gasteiger partial charge in [0.1, 0.15) is 11.6 Å². The molecular formula is C19H27N3O3. The monoisotopic (exact) mass is 345 g/mol. The Morgan fingerprint density at radius 2 is 2.04 bits per heavy atom. The molecule has 2 atom stereocenters. The van der Waals surface area contributed by atoms with Gasteiger partial charge in [-0.3, -0.25) is 0 Å². The maximum Gasteiger partial charge on any atom is 0.151 e. The first-order valence-electron chi connectivity index (χ1n) is 9.06. The lowest BCUT2D eigenvalue weighted by Gasteiger charge is -2.35. The molecule has 1 aromatic carbocycles. The highest BCUT2D eigenvalue weighted by molar-refractivity contribution is 5.37. The molecule has 1 heterocycles. The number of rotatable bonds is 9. The predicted molar refractivity (Wildman–Crippen MR) is 95.2 cm³/mol. The topological polar surface area (TPSA) is 69.4 Å². The van der Waals surface area contributed by atoms with E-state index in [4.69, 9.17) is 19.6 Å². The fourth-order valence-corrected chi connectivity index (χ4v) is 3.24. The van der Waals surface area contributed by atoms with Gasteiger partial charge in [0.25, 0.3) is 0 Å². The number of aryl methyl sites for hydroxylation is 1. The number of hydrogen-bond donors (Lipinski definition) is 1. The second kappa shape index (κ2) is 8.45. The van der Waals surface area contributed by atoms with Crippen LogP contribution in [0.4, 0.5) is 0 Å². The number of nitrogens with zero attached hydrogens (tertiary/aromatic N) is 3. The molecule has 0 radical (unpaired) electrons. The fraction of sp³-hybridized carbons (Fsp3) is 0.579. The second-order valence-corrected chi connectivity index (χ2v) is 6.43. The van der Waals surface area contributed by atoms with E-state index in [1.54, 1.807) is 7.11 Å². The van der Waals surface area contributed by atoms with Crippen molar-refractivity contribution in [3.63, 3.8) is 0 Å². The highest BCUT2D eigenvalue weighted by atomic mass is 16.5. The van der Waals surface area contributed by atoms with E-state index in [9.17, 15) is 0 Å². The van der Waals surface area contributed by atoms with Gasteiger partial charge in [-0.25, -0.2) is 9.67 Å². The third-order valence-electron chi connectivity index (χ3n) is 4.76. The highest BCUT2D eigenvalue weighted by Crippen LogP contribution is 2.33. The summed E-state index contributed by atoms with van der Waals surface area (Å²) < 4.78 is 13.0. The van der Waals surface area contributed by atoms with E-state index >= 15 is 0 Å². The van der Waals surface area contributed by atoms with Crippen molar-refractivity contribution < 1.29 is 14.6 Å². The molecule has 1 saturated carbocycles. The number of benzene rings is 1. The predicted octanol–water partition coefficient (Wildman–Crippen LogP) is 2.56. The smallest absolute Gasteiger partial charge is 0.151 e. The van der Waals surface area contributed by atoms with Gasteiger partial charge in [0.05, 0.1) is 18.4 Å². The van der Waals surface area contributed by atoms with Gasteiger partial charge >= 0.3 is 0 Å². The summed E-state index contributed by atoms with van der Waals surface area (Å²) in [6.07, 6.45) is 4.84. The number of hydrogen-bond acceptors (Lipinski definition) is 5. The van der Waals surface area contributed by atoms with Crippen LogP contribution in [-0.4, -0.2) is 46.3 Å². The Morgan fingerprint density at radius 3 is 2.64 bits per heavy atom. The van der Waals surface area contributed by atoms with Gasteiger partial charge in [-0.05, 0) is 56.4 Å². The Balaban J connectivity index is 1.83. The maximum absolute atomic E-state index is 9.07. The van der Waals surface area contributed by atoms with Gasteiger partial charge in [-0.15, -0.1) is 0 Å². The van der Waals surface area contributed by atoms with Crippen LogP contribution in [0.25, 0.3) is 5.69 Å². The van der Waals surface area contributed by atoms with E-state index in [0.717, 1.165) is 35.9 Å². The second-order valence-electron chi connectivity index (χ2n) is 6.43. The summed E-state index contributed by atoms with van der Waals surface area (Å²) in [5, 5.41) is 13.7. The summed E-state index contributed by atoms with van der Waals surface area (Å²) in [4.78, 5) is 4.73. The lowest BCUT2D eigenvalue weighted by molar-refractivity contribution is -0.0167. The minimum atomic E-state index is 0.154. The molecule has 1 fully saturated rings. The van der Waals surface area contributed by atoms with Crippen LogP contribution in [0.15, 0.2) is 24.3 Å². The maximum atomic E-state index is 9.07. The molecule has 6 heteroatoms. The number of methoxy groups -OCH3 is 1. The van der Waals surface area contributed by atoms with Crippen LogP contribution in [0.1, 0.15) is 37.8 Å². The van der Waals surface area contributed by atoms with Crippen molar-refractivity contribution in [2.75, 3.05) is 20.3 Å². The van der Waals surface area contributed by atoms with Gasteiger partial charge in [0, 0.05) is 26.6 Å². The van der Waals surface area contributed by atoms with E-state index in [0.29, 0.717) is 31.5 Å². The van der Waals surface area contributed by atoms with E-state index in [1.807, 2.05) is 35.9 Å². The first-order valence-corrected chi connectivity index (χ1v) is 9.06. The van der Waals surface area contributed by atoms with Gasteiger partial charge < -0.3 is 14.6 Å². The van der Waals surface area contributed by atoms with Crippen molar-refractivity contribution in [3.8, 4) is 11.4 Å². The molecule has 0 aliphatic heterocycles. The van der Waals surface area contributed by atoms with Gasteiger partial charge in [0.2, 0.25) is 0 Å². The van der Waals surface area contributed by atoms with Gasteiger partial charge in [-0.2, -0.15) is 5.10 Å². The molecule has 25 heavy (non-hydrogen) atoms. The molecule has 136 valence electrons. The summed E-state index contributed by atoms with van der Waals surface area (Å²) in [5.74, 6) is 3.10. The van der Waals surface area contributed by atoms with Gasteiger partial charge in [-0.1, -0.05) is 0 Å². The van der Waals surface area contributed by atoms with Crippen molar-refractivity contribution in [1.29, 1.82) is 0 Å². The Kier molecular flexibility index (Phi) is 6.04. The van der Waals surface area contributed by atoms with Crippen LogP contribution in [0.5, 0.6) is 5.75 Å². The Hall–Kier alpha value is -1.92. The summed E-state index contributed by atoms with van der Waals surface area (Å²) in [7, 11) is 1.78. The van der Waals surface area contributed by atoms with Crippen LogP contribution in [0.3, 0.4) is 0 Å². The highest BCUT2D eigenvalue weighted by Gasteiger charge is 2.32. The van der Waals surface area contributed by atoms with Crippen LogP contribution < -0.4 is 4.74 Å². The number of aromatic nitrogens is 3. The van der Waals surface area contributed by atoms with Crippen LogP contribution in [0, 0.1) is 5.92 Å². The zero-order valence-electron chi connectivity index (χ0n) is 15.0. The first kappa shape index (κ1) is 17.9. The minimum absolute atomic E-state index is 0.154. The van der Waals surface area contributed by atoms with Crippen molar-refractivity contribution in [2.45, 2.75) is 45.1 Å². The Labute approximate surface area is 148 Å². The summed E-state index contributed by atoms with van der Waals surface area (Å²) >= 11 is 0. The van der Waals surface area contributed by atoms with E-state index in [-0.39, 0.29) is 6.61 Å². The van der Waals surface area contributed by atoms with Crippen LogP contribution >= 0.6 is 0 Å².